The number of rotatable bonds is 2. The molecule has 0 radical (unpaired) electrons. The molecule has 0 saturated heterocycles. The number of nitrogens with zero attached hydrogens (tertiary/aromatic N) is 1. The van der Waals surface area contributed by atoms with E-state index in [9.17, 15) is 0 Å². The van der Waals surface area contributed by atoms with Crippen molar-refractivity contribution in [1.29, 1.82) is 0 Å². The molecule has 1 N–H and O–H groups in total. The summed E-state index contributed by atoms with van der Waals surface area (Å²) in [5.41, 5.74) is 1.89. The number of nitrogens with one attached hydrogen (secondary N) is 1. The highest BCUT2D eigenvalue weighted by molar-refractivity contribution is 7.19. The van der Waals surface area contributed by atoms with Gasteiger partial charge in [-0.25, -0.2) is 4.99 Å². The van der Waals surface area contributed by atoms with Gasteiger partial charge < -0.3 is 9.73 Å². The highest BCUT2D eigenvalue weighted by Crippen LogP contribution is 2.35. The smallest absolute Gasteiger partial charge is 0.196 e. The largest absolute Gasteiger partial charge is 0.472 e. The molecule has 4 rings (SSSR count). The average molecular weight is 315 g/mol. The van der Waals surface area contributed by atoms with Gasteiger partial charge in [-0.15, -0.1) is 11.3 Å². The molecule has 5 heteroatoms. The second-order valence-corrected chi connectivity index (χ2v) is 6.24. The fourth-order valence-electron chi connectivity index (χ4n) is 2.38. The highest BCUT2D eigenvalue weighted by Gasteiger charge is 2.19. The number of thiophene rings is 1. The van der Waals surface area contributed by atoms with E-state index in [0.29, 0.717) is 5.29 Å². The number of halogens is 1. The third-order valence-corrected chi connectivity index (χ3v) is 4.76. The van der Waals surface area contributed by atoms with Crippen LogP contribution in [0.5, 0.6) is 0 Å². The van der Waals surface area contributed by atoms with Gasteiger partial charge in [-0.3, -0.25) is 0 Å². The fourth-order valence-corrected chi connectivity index (χ4v) is 3.66. The number of hydrogen-bond donors (Lipinski definition) is 1. The average Bonchev–Trinajstić information content (AvgIpc) is 3.16. The molecule has 0 spiro atoms. The van der Waals surface area contributed by atoms with E-state index in [0.717, 1.165) is 11.3 Å². The first kappa shape index (κ1) is 12.7. The van der Waals surface area contributed by atoms with Crippen molar-refractivity contribution in [2.24, 2.45) is 4.99 Å². The van der Waals surface area contributed by atoms with Gasteiger partial charge in [-0.2, -0.15) is 0 Å². The van der Waals surface area contributed by atoms with Crippen LogP contribution in [-0.2, 0) is 0 Å². The third kappa shape index (κ3) is 2.37. The summed E-state index contributed by atoms with van der Waals surface area (Å²) in [4.78, 5) is 5.66. The molecule has 3 heterocycles. The van der Waals surface area contributed by atoms with E-state index in [1.165, 1.54) is 15.0 Å². The molecule has 2 aromatic heterocycles. The number of furan rings is 1. The normalized spacial score (nSPS) is 18.2. The van der Waals surface area contributed by atoms with Crippen LogP contribution < -0.4 is 5.32 Å². The minimum atomic E-state index is -0.0685. The van der Waals surface area contributed by atoms with Crippen molar-refractivity contribution in [1.82, 2.24) is 5.32 Å². The minimum absolute atomic E-state index is 0.0685. The van der Waals surface area contributed by atoms with Crippen LogP contribution in [0.15, 0.2) is 64.4 Å². The van der Waals surface area contributed by atoms with E-state index >= 15 is 0 Å². The zero-order valence-electron chi connectivity index (χ0n) is 10.9. The zero-order chi connectivity index (χ0) is 14.2. The molecule has 0 bridgehead atoms. The molecule has 1 aliphatic rings. The maximum absolute atomic E-state index is 6.14. The first-order valence-electron chi connectivity index (χ1n) is 6.53. The minimum Gasteiger partial charge on any atom is -0.472 e. The topological polar surface area (TPSA) is 37.5 Å². The second-order valence-electron chi connectivity index (χ2n) is 4.77. The van der Waals surface area contributed by atoms with Crippen molar-refractivity contribution in [2.75, 3.05) is 0 Å². The van der Waals surface area contributed by atoms with Crippen LogP contribution in [0.25, 0.3) is 15.8 Å². The number of amidine groups is 1. The lowest BCUT2D eigenvalue weighted by Gasteiger charge is -2.17. The summed E-state index contributed by atoms with van der Waals surface area (Å²) in [6.45, 7) is 0. The lowest BCUT2D eigenvalue weighted by molar-refractivity contribution is 0.566. The lowest BCUT2D eigenvalue weighted by Crippen LogP contribution is -2.21. The van der Waals surface area contributed by atoms with Crippen LogP contribution in [0, 0.1) is 0 Å². The first-order valence-corrected chi connectivity index (χ1v) is 7.72. The van der Waals surface area contributed by atoms with Crippen molar-refractivity contribution in [3.63, 3.8) is 0 Å². The Balaban J connectivity index is 1.77. The molecule has 21 heavy (non-hydrogen) atoms. The van der Waals surface area contributed by atoms with E-state index in [-0.39, 0.29) is 6.04 Å². The van der Waals surface area contributed by atoms with E-state index < -0.39 is 0 Å². The number of benzene rings is 1. The predicted molar refractivity (Wildman–Crippen MR) is 87.7 cm³/mol. The van der Waals surface area contributed by atoms with Crippen molar-refractivity contribution in [2.45, 2.75) is 6.04 Å². The molecule has 1 aromatic carbocycles. The maximum Gasteiger partial charge on any atom is 0.196 e. The first-order chi connectivity index (χ1) is 10.3. The quantitative estimate of drug-likeness (QED) is 0.691. The van der Waals surface area contributed by atoms with Crippen LogP contribution in [0.3, 0.4) is 0 Å². The van der Waals surface area contributed by atoms with E-state index in [1.54, 1.807) is 23.9 Å². The summed E-state index contributed by atoms with van der Waals surface area (Å²) in [6, 6.07) is 12.3. The Morgan fingerprint density at radius 2 is 2.14 bits per heavy atom. The van der Waals surface area contributed by atoms with E-state index in [2.05, 4.69) is 34.6 Å². The summed E-state index contributed by atoms with van der Waals surface area (Å²) < 4.78 is 6.39. The number of aliphatic imine (C=N–C) groups is 1. The Labute approximate surface area is 130 Å². The monoisotopic (exact) mass is 314 g/mol. The Hall–Kier alpha value is -2.04. The van der Waals surface area contributed by atoms with Crippen LogP contribution in [0.1, 0.15) is 16.5 Å². The molecular weight excluding hydrogens is 304 g/mol. The molecule has 1 aliphatic heterocycles. The summed E-state index contributed by atoms with van der Waals surface area (Å²) in [7, 11) is 0. The van der Waals surface area contributed by atoms with Crippen molar-refractivity contribution in [3.05, 3.63) is 65.4 Å². The molecule has 0 aliphatic carbocycles. The van der Waals surface area contributed by atoms with Crippen molar-refractivity contribution in [3.8, 4) is 0 Å². The predicted octanol–water partition coefficient (Wildman–Crippen LogP) is 4.77. The van der Waals surface area contributed by atoms with Gasteiger partial charge in [-0.05, 0) is 41.3 Å². The molecule has 3 nitrogen and oxygen atoms in total. The van der Waals surface area contributed by atoms with Gasteiger partial charge in [-0.1, -0.05) is 18.2 Å². The van der Waals surface area contributed by atoms with Crippen molar-refractivity contribution >= 4 is 44.0 Å². The van der Waals surface area contributed by atoms with Gasteiger partial charge >= 0.3 is 0 Å². The standard InChI is InChI=1S/C16H11ClN2OS/c17-16-18-12(11-5-6-20-9-11)8-13(19-16)15-7-10-3-1-2-4-14(10)21-15/h1-9,13H,(H,18,19). The number of fused-ring (bicyclic) bond motifs is 1. The molecule has 0 saturated carbocycles. The second kappa shape index (κ2) is 5.06. The molecular formula is C16H11ClN2OS. The summed E-state index contributed by atoms with van der Waals surface area (Å²) in [5.74, 6) is 0. The SMILES string of the molecule is ClC1=NC(c2cc3ccccc3s2)C=C(c2ccoc2)N1. The summed E-state index contributed by atoms with van der Waals surface area (Å²) in [6.07, 6.45) is 5.41. The van der Waals surface area contributed by atoms with Crippen molar-refractivity contribution < 1.29 is 4.42 Å². The van der Waals surface area contributed by atoms with E-state index in [1.807, 2.05) is 18.2 Å². The van der Waals surface area contributed by atoms with Gasteiger partial charge in [0.05, 0.1) is 12.5 Å². The van der Waals surface area contributed by atoms with E-state index in [4.69, 9.17) is 16.0 Å². The van der Waals surface area contributed by atoms with Gasteiger partial charge in [0.15, 0.2) is 5.29 Å². The summed E-state index contributed by atoms with van der Waals surface area (Å²) >= 11 is 7.89. The van der Waals surface area contributed by atoms with Gasteiger partial charge in [0, 0.05) is 20.8 Å². The van der Waals surface area contributed by atoms with Gasteiger partial charge in [0.1, 0.15) is 6.04 Å². The summed E-state index contributed by atoms with van der Waals surface area (Å²) in [5, 5.41) is 4.71. The van der Waals surface area contributed by atoms with Gasteiger partial charge in [0.2, 0.25) is 0 Å². The third-order valence-electron chi connectivity index (χ3n) is 3.38. The van der Waals surface area contributed by atoms with Crippen LogP contribution >= 0.6 is 22.9 Å². The van der Waals surface area contributed by atoms with Crippen LogP contribution in [0.4, 0.5) is 0 Å². The molecule has 1 atom stereocenters. The Bertz CT molecular complexity index is 815. The Morgan fingerprint density at radius 3 is 2.95 bits per heavy atom. The number of hydrogen-bond acceptors (Lipinski definition) is 4. The molecule has 0 fully saturated rings. The van der Waals surface area contributed by atoms with Gasteiger partial charge in [0.25, 0.3) is 0 Å². The Kier molecular flexibility index (Phi) is 3.05. The molecule has 1 unspecified atom stereocenters. The highest BCUT2D eigenvalue weighted by atomic mass is 35.5. The van der Waals surface area contributed by atoms with Crippen LogP contribution in [-0.4, -0.2) is 5.29 Å². The van der Waals surface area contributed by atoms with Crippen LogP contribution in [0.2, 0.25) is 0 Å². The molecule has 3 aromatic rings. The molecule has 0 amide bonds. The fraction of sp³-hybridized carbons (Fsp3) is 0.0625. The Morgan fingerprint density at radius 1 is 1.24 bits per heavy atom. The maximum atomic E-state index is 6.14. The zero-order valence-corrected chi connectivity index (χ0v) is 12.5. The molecule has 104 valence electrons. The lowest BCUT2D eigenvalue weighted by atomic mass is 10.1.